The first-order valence-corrected chi connectivity index (χ1v) is 11.8. The standard InChI is InChI=1S/C25H25N7O3/c1-15-6-7-30(29-15)22-5-2-16(10-26-22)21-11-27-31-12-18(13-33)24(28-25(21)31)17-8-19-3-4-20(9-17)32(19)23(35)14-34/h2,5-7,10-13,17,19-20,34H,3-4,8-9,14H2,1H3/t17?,19-,20+. The van der Waals surface area contributed by atoms with E-state index in [0.29, 0.717) is 11.2 Å². The highest BCUT2D eigenvalue weighted by Gasteiger charge is 2.44. The minimum Gasteiger partial charge on any atom is -0.387 e. The molecular weight excluding hydrogens is 446 g/mol. The van der Waals surface area contributed by atoms with E-state index < -0.39 is 6.61 Å². The van der Waals surface area contributed by atoms with Gasteiger partial charge >= 0.3 is 0 Å². The molecule has 1 N–H and O–H groups in total. The fraction of sp³-hybridized carbons (Fsp3) is 0.360. The molecule has 6 heterocycles. The highest BCUT2D eigenvalue weighted by molar-refractivity contribution is 5.81. The number of piperidine rings is 1. The van der Waals surface area contributed by atoms with Crippen LogP contribution in [0, 0.1) is 6.92 Å². The monoisotopic (exact) mass is 471 g/mol. The third-order valence-electron chi connectivity index (χ3n) is 7.24. The minimum absolute atomic E-state index is 0.0618. The van der Waals surface area contributed by atoms with Crippen LogP contribution < -0.4 is 0 Å². The molecule has 4 aromatic heterocycles. The van der Waals surface area contributed by atoms with Gasteiger partial charge in [-0.1, -0.05) is 0 Å². The second kappa shape index (κ2) is 8.38. The molecule has 178 valence electrons. The summed E-state index contributed by atoms with van der Waals surface area (Å²) in [7, 11) is 0. The lowest BCUT2D eigenvalue weighted by molar-refractivity contribution is -0.138. The predicted molar refractivity (Wildman–Crippen MR) is 126 cm³/mol. The molecule has 10 heteroatoms. The molecule has 2 aliphatic rings. The Morgan fingerprint density at radius 2 is 1.97 bits per heavy atom. The summed E-state index contributed by atoms with van der Waals surface area (Å²) in [6, 6.07) is 5.93. The van der Waals surface area contributed by atoms with Crippen LogP contribution in [0.5, 0.6) is 0 Å². The molecule has 0 radical (unpaired) electrons. The molecular formula is C25H25N7O3. The van der Waals surface area contributed by atoms with Crippen LogP contribution in [0.4, 0.5) is 0 Å². The summed E-state index contributed by atoms with van der Waals surface area (Å²) < 4.78 is 3.36. The van der Waals surface area contributed by atoms with Crippen molar-refractivity contribution < 1.29 is 14.7 Å². The lowest BCUT2D eigenvalue weighted by Gasteiger charge is -2.38. The summed E-state index contributed by atoms with van der Waals surface area (Å²) >= 11 is 0. The van der Waals surface area contributed by atoms with Gasteiger partial charge in [-0.25, -0.2) is 19.2 Å². The van der Waals surface area contributed by atoms with E-state index in [2.05, 4.69) is 15.2 Å². The maximum atomic E-state index is 12.2. The topological polar surface area (TPSA) is 119 Å². The zero-order valence-corrected chi connectivity index (χ0v) is 19.3. The van der Waals surface area contributed by atoms with Crippen LogP contribution in [0.25, 0.3) is 22.6 Å². The first-order valence-electron chi connectivity index (χ1n) is 11.8. The van der Waals surface area contributed by atoms with E-state index in [1.807, 2.05) is 36.2 Å². The second-order valence-corrected chi connectivity index (χ2v) is 9.34. The van der Waals surface area contributed by atoms with Crippen molar-refractivity contribution in [3.8, 4) is 16.9 Å². The smallest absolute Gasteiger partial charge is 0.248 e. The van der Waals surface area contributed by atoms with Gasteiger partial charge in [0, 0.05) is 47.7 Å². The maximum Gasteiger partial charge on any atom is 0.248 e. The molecule has 2 bridgehead atoms. The Morgan fingerprint density at radius 3 is 2.60 bits per heavy atom. The SMILES string of the molecule is Cc1ccn(-c2ccc(-c3cnn4cc(C=O)c(C5C[C@H]6CC[C@@H](C5)N6C(=O)CO)nc34)cn2)n1. The number of pyridine rings is 1. The van der Waals surface area contributed by atoms with Gasteiger partial charge in [0.2, 0.25) is 5.91 Å². The number of amides is 1. The summed E-state index contributed by atoms with van der Waals surface area (Å²) in [5.41, 5.74) is 4.54. The van der Waals surface area contributed by atoms with Gasteiger partial charge in [0.05, 0.1) is 23.1 Å². The quantitative estimate of drug-likeness (QED) is 0.444. The molecule has 0 saturated carbocycles. The molecule has 4 aromatic rings. The molecule has 10 nitrogen and oxygen atoms in total. The van der Waals surface area contributed by atoms with E-state index in [-0.39, 0.29) is 23.9 Å². The summed E-state index contributed by atoms with van der Waals surface area (Å²) in [5.74, 6) is 0.566. The second-order valence-electron chi connectivity index (χ2n) is 9.34. The summed E-state index contributed by atoms with van der Waals surface area (Å²) in [6.07, 6.45) is 11.2. The molecule has 0 aliphatic carbocycles. The number of aryl methyl sites for hydroxylation is 1. The van der Waals surface area contributed by atoms with Crippen LogP contribution in [-0.2, 0) is 4.79 Å². The number of nitrogens with zero attached hydrogens (tertiary/aromatic N) is 7. The lowest BCUT2D eigenvalue weighted by atomic mass is 9.86. The largest absolute Gasteiger partial charge is 0.387 e. The zero-order valence-electron chi connectivity index (χ0n) is 19.3. The molecule has 2 aliphatic heterocycles. The molecule has 0 spiro atoms. The Labute approximate surface area is 201 Å². The van der Waals surface area contributed by atoms with Crippen molar-refractivity contribution in [1.29, 1.82) is 0 Å². The maximum absolute atomic E-state index is 12.2. The van der Waals surface area contributed by atoms with Gasteiger partial charge in [0.15, 0.2) is 17.8 Å². The van der Waals surface area contributed by atoms with Crippen molar-refractivity contribution in [2.24, 2.45) is 0 Å². The fourth-order valence-corrected chi connectivity index (χ4v) is 5.67. The average molecular weight is 472 g/mol. The zero-order chi connectivity index (χ0) is 24.1. The number of carbonyl (C=O) groups excluding carboxylic acids is 2. The lowest BCUT2D eigenvalue weighted by Crippen LogP contribution is -2.47. The molecule has 2 saturated heterocycles. The number of carbonyl (C=O) groups is 2. The normalized spacial score (nSPS) is 21.5. The van der Waals surface area contributed by atoms with Crippen LogP contribution in [-0.4, -0.2) is 70.3 Å². The third-order valence-corrected chi connectivity index (χ3v) is 7.24. The van der Waals surface area contributed by atoms with E-state index >= 15 is 0 Å². The average Bonchev–Trinajstić information content (AvgIpc) is 3.58. The first kappa shape index (κ1) is 21.6. The molecule has 1 unspecified atom stereocenters. The van der Waals surface area contributed by atoms with Crippen LogP contribution in [0.1, 0.15) is 53.3 Å². The number of hydrogen-bond acceptors (Lipinski definition) is 7. The minimum atomic E-state index is -0.465. The Balaban J connectivity index is 1.35. The number of aromatic nitrogens is 6. The molecule has 1 amide bonds. The van der Waals surface area contributed by atoms with Gasteiger partial charge in [0.1, 0.15) is 6.61 Å². The van der Waals surface area contributed by atoms with Crippen molar-refractivity contribution >= 4 is 17.8 Å². The molecule has 0 aromatic carbocycles. The van der Waals surface area contributed by atoms with E-state index in [4.69, 9.17) is 4.98 Å². The first-order chi connectivity index (χ1) is 17.1. The van der Waals surface area contributed by atoms with Gasteiger partial charge in [-0.2, -0.15) is 10.2 Å². The van der Waals surface area contributed by atoms with Crippen molar-refractivity contribution in [3.63, 3.8) is 0 Å². The molecule has 35 heavy (non-hydrogen) atoms. The number of aliphatic hydroxyl groups excluding tert-OH is 1. The van der Waals surface area contributed by atoms with Gasteiger partial charge in [-0.05, 0) is 50.8 Å². The van der Waals surface area contributed by atoms with Crippen molar-refractivity contribution in [1.82, 2.24) is 34.3 Å². The van der Waals surface area contributed by atoms with E-state index in [0.717, 1.165) is 60.3 Å². The number of fused-ring (bicyclic) bond motifs is 3. The van der Waals surface area contributed by atoms with Gasteiger partial charge in [0.25, 0.3) is 0 Å². The summed E-state index contributed by atoms with van der Waals surface area (Å²) in [6.45, 7) is 1.47. The van der Waals surface area contributed by atoms with E-state index in [1.54, 1.807) is 27.8 Å². The van der Waals surface area contributed by atoms with Crippen LogP contribution in [0.15, 0.2) is 43.0 Å². The van der Waals surface area contributed by atoms with Crippen LogP contribution in [0.2, 0.25) is 0 Å². The van der Waals surface area contributed by atoms with E-state index in [1.165, 1.54) is 0 Å². The fourth-order valence-electron chi connectivity index (χ4n) is 5.67. The molecule has 6 rings (SSSR count). The van der Waals surface area contributed by atoms with Crippen LogP contribution in [0.3, 0.4) is 0 Å². The van der Waals surface area contributed by atoms with Crippen molar-refractivity contribution in [2.75, 3.05) is 6.61 Å². The Morgan fingerprint density at radius 1 is 1.17 bits per heavy atom. The number of aliphatic hydroxyl groups is 1. The Bertz CT molecular complexity index is 1410. The highest BCUT2D eigenvalue weighted by atomic mass is 16.3. The highest BCUT2D eigenvalue weighted by Crippen LogP contribution is 2.43. The number of hydrogen-bond donors (Lipinski definition) is 1. The molecule has 2 fully saturated rings. The van der Waals surface area contributed by atoms with Gasteiger partial charge < -0.3 is 10.0 Å². The van der Waals surface area contributed by atoms with E-state index in [9.17, 15) is 14.7 Å². The Hall–Kier alpha value is -3.92. The molecule has 3 atom stereocenters. The summed E-state index contributed by atoms with van der Waals surface area (Å²) in [4.78, 5) is 35.5. The van der Waals surface area contributed by atoms with Gasteiger partial charge in [-0.3, -0.25) is 9.59 Å². The Kier molecular flexibility index (Phi) is 5.18. The van der Waals surface area contributed by atoms with Crippen molar-refractivity contribution in [3.05, 3.63) is 59.9 Å². The number of aldehydes is 1. The summed E-state index contributed by atoms with van der Waals surface area (Å²) in [5, 5.41) is 18.2. The predicted octanol–water partition coefficient (Wildman–Crippen LogP) is 2.33. The van der Waals surface area contributed by atoms with Crippen molar-refractivity contribution in [2.45, 2.75) is 50.6 Å². The number of rotatable bonds is 5. The van der Waals surface area contributed by atoms with Gasteiger partial charge in [-0.15, -0.1) is 0 Å². The third kappa shape index (κ3) is 3.61. The van der Waals surface area contributed by atoms with Crippen LogP contribution >= 0.6 is 0 Å².